The fourth-order valence-electron chi connectivity index (χ4n) is 2.77. The van der Waals surface area contributed by atoms with Crippen LogP contribution in [0.4, 0.5) is 0 Å². The van der Waals surface area contributed by atoms with E-state index in [-0.39, 0.29) is 12.7 Å². The quantitative estimate of drug-likeness (QED) is 0.391. The van der Waals surface area contributed by atoms with E-state index < -0.39 is 0 Å². The highest BCUT2D eigenvalue weighted by atomic mass is 79.9. The van der Waals surface area contributed by atoms with Crippen LogP contribution in [-0.4, -0.2) is 24.1 Å². The molecule has 1 fully saturated rings. The predicted octanol–water partition coefficient (Wildman–Crippen LogP) is 4.90. The zero-order chi connectivity index (χ0) is 20.4. The summed E-state index contributed by atoms with van der Waals surface area (Å²) < 4.78 is 11.6. The fraction of sp³-hybridized carbons (Fsp3) is 0.190. The van der Waals surface area contributed by atoms with Crippen LogP contribution in [-0.2, 0) is 4.79 Å². The van der Waals surface area contributed by atoms with Crippen molar-refractivity contribution in [2.75, 3.05) is 6.79 Å². The van der Waals surface area contributed by atoms with Crippen molar-refractivity contribution in [1.82, 2.24) is 5.32 Å². The highest BCUT2D eigenvalue weighted by molar-refractivity contribution is 9.10. The number of amidine groups is 1. The Labute approximate surface area is 181 Å². The fourth-order valence-corrected chi connectivity index (χ4v) is 3.98. The molecule has 2 aliphatic heterocycles. The van der Waals surface area contributed by atoms with Crippen molar-refractivity contribution in [3.8, 4) is 11.5 Å². The highest BCUT2D eigenvalue weighted by Gasteiger charge is 2.25. The van der Waals surface area contributed by atoms with Crippen molar-refractivity contribution < 1.29 is 14.3 Å². The lowest BCUT2D eigenvalue weighted by molar-refractivity contribution is -0.115. The Morgan fingerprint density at radius 3 is 2.62 bits per heavy atom. The molecule has 1 amide bonds. The summed E-state index contributed by atoms with van der Waals surface area (Å²) in [7, 11) is 0. The van der Waals surface area contributed by atoms with Crippen LogP contribution in [0.15, 0.2) is 56.0 Å². The Balaban J connectivity index is 1.47. The van der Waals surface area contributed by atoms with Gasteiger partial charge in [-0.15, -0.1) is 5.10 Å². The first-order valence-corrected chi connectivity index (χ1v) is 10.6. The van der Waals surface area contributed by atoms with Gasteiger partial charge in [-0.25, -0.2) is 0 Å². The van der Waals surface area contributed by atoms with Gasteiger partial charge in [0.05, 0.1) is 11.1 Å². The molecule has 0 saturated carbocycles. The number of hydrogen-bond donors (Lipinski definition) is 1. The lowest BCUT2D eigenvalue weighted by atomic mass is 10.0. The number of nitrogens with zero attached hydrogens (tertiary/aromatic N) is 2. The molecule has 6 nitrogen and oxygen atoms in total. The summed E-state index contributed by atoms with van der Waals surface area (Å²) in [6, 6.07) is 11.8. The number of hydrogen-bond acceptors (Lipinski definition) is 6. The van der Waals surface area contributed by atoms with Gasteiger partial charge in [-0.1, -0.05) is 54.0 Å². The smallest absolute Gasteiger partial charge is 0.264 e. The number of nitrogens with one attached hydrogen (secondary N) is 1. The molecule has 2 heterocycles. The van der Waals surface area contributed by atoms with Crippen LogP contribution in [0.2, 0.25) is 0 Å². The Hall–Kier alpha value is -2.58. The van der Waals surface area contributed by atoms with Crippen molar-refractivity contribution in [3.05, 3.63) is 62.5 Å². The molecule has 1 saturated heterocycles. The molecule has 0 aliphatic carbocycles. The van der Waals surface area contributed by atoms with Gasteiger partial charge in [0.25, 0.3) is 5.91 Å². The lowest BCUT2D eigenvalue weighted by Crippen LogP contribution is -2.19. The Morgan fingerprint density at radius 1 is 1.17 bits per heavy atom. The van der Waals surface area contributed by atoms with E-state index in [0.29, 0.717) is 27.5 Å². The molecule has 0 spiro atoms. The number of thioether (sulfide) groups is 1. The molecule has 8 heteroatoms. The molecule has 0 bridgehead atoms. The van der Waals surface area contributed by atoms with Crippen molar-refractivity contribution in [2.24, 2.45) is 10.2 Å². The van der Waals surface area contributed by atoms with Gasteiger partial charge in [-0.05, 0) is 52.6 Å². The summed E-state index contributed by atoms with van der Waals surface area (Å²) in [5.41, 5.74) is 3.05. The van der Waals surface area contributed by atoms with E-state index in [1.807, 2.05) is 24.3 Å². The number of carbonyl (C=O) groups excluding carboxylic acids is 1. The van der Waals surface area contributed by atoms with Crippen LogP contribution in [0, 0.1) is 0 Å². The summed E-state index contributed by atoms with van der Waals surface area (Å²) in [4.78, 5) is 12.8. The van der Waals surface area contributed by atoms with Crippen LogP contribution in [0.1, 0.15) is 36.5 Å². The second kappa shape index (κ2) is 8.42. The van der Waals surface area contributed by atoms with E-state index >= 15 is 0 Å². The second-order valence-corrected chi connectivity index (χ2v) is 8.65. The summed E-state index contributed by atoms with van der Waals surface area (Å²) in [6.07, 6.45) is 3.45. The molecule has 0 unspecified atom stereocenters. The van der Waals surface area contributed by atoms with Gasteiger partial charge < -0.3 is 9.47 Å². The monoisotopic (exact) mass is 471 g/mol. The molecule has 0 atom stereocenters. The predicted molar refractivity (Wildman–Crippen MR) is 120 cm³/mol. The van der Waals surface area contributed by atoms with Gasteiger partial charge >= 0.3 is 0 Å². The SMILES string of the molecule is CC(C)c1ccc(C=N/N=C2\NC(=O)C(=Cc3cc4c(cc3Br)OCO4)S2)cc1. The number of fused-ring (bicyclic) bond motifs is 1. The largest absolute Gasteiger partial charge is 0.454 e. The zero-order valence-corrected chi connectivity index (χ0v) is 18.2. The number of rotatable bonds is 4. The second-order valence-electron chi connectivity index (χ2n) is 6.76. The van der Waals surface area contributed by atoms with E-state index in [4.69, 9.17) is 9.47 Å². The van der Waals surface area contributed by atoms with Gasteiger partial charge in [-0.2, -0.15) is 5.10 Å². The summed E-state index contributed by atoms with van der Waals surface area (Å²) in [5.74, 6) is 1.61. The molecule has 1 N–H and O–H groups in total. The van der Waals surface area contributed by atoms with Crippen molar-refractivity contribution in [1.29, 1.82) is 0 Å². The van der Waals surface area contributed by atoms with Crippen LogP contribution >= 0.6 is 27.7 Å². The molecule has 2 aliphatic rings. The number of amides is 1. The molecule has 4 rings (SSSR count). The standard InChI is InChI=1S/C21H18BrN3O3S/c1-12(2)14-5-3-13(4-6-14)10-23-25-21-24-20(26)19(29-21)8-15-7-17-18(9-16(15)22)28-11-27-17/h3-10,12H,11H2,1-2H3,(H,24,25,26). The Morgan fingerprint density at radius 2 is 1.90 bits per heavy atom. The van der Waals surface area contributed by atoms with Gasteiger partial charge in [0.1, 0.15) is 0 Å². The molecule has 0 radical (unpaired) electrons. The minimum absolute atomic E-state index is 0.200. The maximum atomic E-state index is 12.3. The Kier molecular flexibility index (Phi) is 5.73. The minimum atomic E-state index is -0.213. The topological polar surface area (TPSA) is 72.3 Å². The average Bonchev–Trinajstić information content (AvgIpc) is 3.28. The van der Waals surface area contributed by atoms with E-state index in [2.05, 4.69) is 57.4 Å². The normalized spacial score (nSPS) is 18.4. The van der Waals surface area contributed by atoms with Gasteiger partial charge in [0, 0.05) is 4.47 Å². The minimum Gasteiger partial charge on any atom is -0.454 e. The summed E-state index contributed by atoms with van der Waals surface area (Å²) in [6.45, 7) is 4.51. The molecule has 2 aromatic rings. The molecular formula is C21H18BrN3O3S. The van der Waals surface area contributed by atoms with Gasteiger partial charge in [-0.3, -0.25) is 10.1 Å². The van der Waals surface area contributed by atoms with Crippen LogP contribution in [0.25, 0.3) is 6.08 Å². The summed E-state index contributed by atoms with van der Waals surface area (Å²) in [5, 5.41) is 11.4. The maximum absolute atomic E-state index is 12.3. The van der Waals surface area contributed by atoms with Crippen molar-refractivity contribution in [2.45, 2.75) is 19.8 Å². The first-order chi connectivity index (χ1) is 14.0. The number of benzene rings is 2. The van der Waals surface area contributed by atoms with Gasteiger partial charge in [0.2, 0.25) is 6.79 Å². The number of halogens is 1. The van der Waals surface area contributed by atoms with Crippen molar-refractivity contribution >= 4 is 51.1 Å². The third-order valence-corrected chi connectivity index (χ3v) is 5.97. The van der Waals surface area contributed by atoms with Crippen LogP contribution < -0.4 is 14.8 Å². The van der Waals surface area contributed by atoms with E-state index in [9.17, 15) is 4.79 Å². The highest BCUT2D eigenvalue weighted by Crippen LogP contribution is 2.38. The van der Waals surface area contributed by atoms with E-state index in [1.165, 1.54) is 17.3 Å². The summed E-state index contributed by atoms with van der Waals surface area (Å²) >= 11 is 4.74. The van der Waals surface area contributed by atoms with Crippen molar-refractivity contribution in [3.63, 3.8) is 0 Å². The Bertz CT molecular complexity index is 1050. The number of carbonyl (C=O) groups is 1. The zero-order valence-electron chi connectivity index (χ0n) is 15.8. The third-order valence-electron chi connectivity index (χ3n) is 4.39. The average molecular weight is 472 g/mol. The first kappa shape index (κ1) is 19.7. The maximum Gasteiger partial charge on any atom is 0.264 e. The van der Waals surface area contributed by atoms with Crippen LogP contribution in [0.5, 0.6) is 11.5 Å². The molecular weight excluding hydrogens is 454 g/mol. The molecule has 0 aromatic heterocycles. The van der Waals surface area contributed by atoms with E-state index in [1.54, 1.807) is 12.3 Å². The van der Waals surface area contributed by atoms with Gasteiger partial charge in [0.15, 0.2) is 16.7 Å². The molecule has 2 aromatic carbocycles. The first-order valence-electron chi connectivity index (χ1n) is 9.00. The molecule has 148 valence electrons. The lowest BCUT2D eigenvalue weighted by Gasteiger charge is -2.03. The third kappa shape index (κ3) is 4.54. The van der Waals surface area contributed by atoms with E-state index in [0.717, 1.165) is 15.6 Å². The van der Waals surface area contributed by atoms with Crippen LogP contribution in [0.3, 0.4) is 0 Å². The molecule has 29 heavy (non-hydrogen) atoms. The number of ether oxygens (including phenoxy) is 2.